The third-order valence-corrected chi connectivity index (χ3v) is 8.59. The van der Waals surface area contributed by atoms with Crippen LogP contribution in [0, 0.1) is 0 Å². The van der Waals surface area contributed by atoms with E-state index in [2.05, 4.69) is 16.0 Å². The number of benzene rings is 1. The minimum Gasteiger partial charge on any atom is -0.347 e. The van der Waals surface area contributed by atoms with Gasteiger partial charge in [0.2, 0.25) is 10.0 Å². The summed E-state index contributed by atoms with van der Waals surface area (Å²) in [7, 11) is -3.42. The lowest BCUT2D eigenvalue weighted by Crippen LogP contribution is -2.28. The second-order valence-corrected chi connectivity index (χ2v) is 10.3. The molecule has 2 saturated heterocycles. The Morgan fingerprint density at radius 2 is 1.82 bits per heavy atom. The topological polar surface area (TPSA) is 66.4 Å². The second-order valence-electron chi connectivity index (χ2n) is 7.33. The van der Waals surface area contributed by atoms with Gasteiger partial charge in [-0.3, -0.25) is 0 Å². The second kappa shape index (κ2) is 7.09. The van der Waals surface area contributed by atoms with Gasteiger partial charge >= 0.3 is 0 Å². The smallest absolute Gasteiger partial charge is 0.244 e. The van der Waals surface area contributed by atoms with Crippen molar-refractivity contribution in [1.82, 2.24) is 14.3 Å². The van der Waals surface area contributed by atoms with Gasteiger partial charge in [0.15, 0.2) is 0 Å². The predicted octanol–water partition coefficient (Wildman–Crippen LogP) is 3.82. The number of anilines is 1. The number of rotatable bonds is 4. The minimum absolute atomic E-state index is 0.200. The summed E-state index contributed by atoms with van der Waals surface area (Å²) in [6.07, 6.45) is 5.49. The lowest BCUT2D eigenvalue weighted by Gasteiger charge is -2.24. The number of aromatic nitrogens is 2. The Bertz CT molecular complexity index is 1060. The summed E-state index contributed by atoms with van der Waals surface area (Å²) < 4.78 is 28.2. The third-order valence-electron chi connectivity index (χ3n) is 5.57. The average Bonchev–Trinajstić information content (AvgIpc) is 3.48. The van der Waals surface area contributed by atoms with E-state index in [1.54, 1.807) is 21.7 Å². The van der Waals surface area contributed by atoms with Gasteiger partial charge in [-0.2, -0.15) is 4.31 Å². The highest BCUT2D eigenvalue weighted by Gasteiger charge is 2.31. The largest absolute Gasteiger partial charge is 0.347 e. The van der Waals surface area contributed by atoms with Crippen molar-refractivity contribution < 1.29 is 8.42 Å². The molecule has 2 fully saturated rings. The van der Waals surface area contributed by atoms with Gasteiger partial charge < -0.3 is 4.90 Å². The molecule has 1 atom stereocenters. The molecule has 4 heterocycles. The Balaban J connectivity index is 1.42. The maximum atomic E-state index is 12.7. The molecular weight excluding hydrogens is 392 g/mol. The van der Waals surface area contributed by atoms with E-state index in [9.17, 15) is 8.42 Å². The molecule has 0 N–H and O–H groups in total. The van der Waals surface area contributed by atoms with E-state index in [4.69, 9.17) is 4.98 Å². The fraction of sp³-hybridized carbons (Fsp3) is 0.400. The number of fused-ring (bicyclic) bond motifs is 1. The molecule has 1 aromatic carbocycles. The first-order valence-electron chi connectivity index (χ1n) is 9.71. The quantitative estimate of drug-likeness (QED) is 0.649. The Hall–Kier alpha value is -2.03. The van der Waals surface area contributed by atoms with E-state index < -0.39 is 10.0 Å². The van der Waals surface area contributed by atoms with Crippen LogP contribution < -0.4 is 4.90 Å². The normalized spacial score (nSPS) is 21.0. The fourth-order valence-electron chi connectivity index (χ4n) is 4.10. The van der Waals surface area contributed by atoms with Crippen LogP contribution in [-0.2, 0) is 10.0 Å². The zero-order chi connectivity index (χ0) is 19.1. The van der Waals surface area contributed by atoms with Crippen molar-refractivity contribution in [3.63, 3.8) is 0 Å². The van der Waals surface area contributed by atoms with Crippen molar-refractivity contribution in [1.29, 1.82) is 0 Å². The number of nitrogens with zero attached hydrogens (tertiary/aromatic N) is 4. The zero-order valence-electron chi connectivity index (χ0n) is 15.5. The number of thiazole rings is 1. The molecule has 6 nitrogen and oxygen atoms in total. The van der Waals surface area contributed by atoms with Crippen LogP contribution in [0.3, 0.4) is 0 Å². The van der Waals surface area contributed by atoms with Crippen LogP contribution in [0.5, 0.6) is 0 Å². The molecule has 8 heteroatoms. The van der Waals surface area contributed by atoms with Crippen molar-refractivity contribution in [3.05, 3.63) is 47.6 Å². The summed E-state index contributed by atoms with van der Waals surface area (Å²) in [5, 5.41) is 1.11. The lowest BCUT2D eigenvalue weighted by molar-refractivity contribution is 0.477. The Labute approximate surface area is 168 Å². The van der Waals surface area contributed by atoms with E-state index in [0.29, 0.717) is 13.1 Å². The van der Waals surface area contributed by atoms with E-state index in [1.807, 2.05) is 24.3 Å². The predicted molar refractivity (Wildman–Crippen MR) is 111 cm³/mol. The summed E-state index contributed by atoms with van der Waals surface area (Å²) in [5.41, 5.74) is 1.04. The number of hydrogen-bond acceptors (Lipinski definition) is 6. The number of pyridine rings is 1. The minimum atomic E-state index is -3.42. The highest BCUT2D eigenvalue weighted by Crippen LogP contribution is 2.38. The maximum Gasteiger partial charge on any atom is 0.244 e. The van der Waals surface area contributed by atoms with E-state index in [1.165, 1.54) is 10.9 Å². The first-order chi connectivity index (χ1) is 13.6. The highest BCUT2D eigenvalue weighted by molar-refractivity contribution is 7.89. The zero-order valence-corrected chi connectivity index (χ0v) is 17.1. The first-order valence-corrected chi connectivity index (χ1v) is 12.0. The van der Waals surface area contributed by atoms with E-state index in [0.717, 1.165) is 48.6 Å². The molecule has 5 rings (SSSR count). The molecule has 0 radical (unpaired) electrons. The Morgan fingerprint density at radius 1 is 1.00 bits per heavy atom. The molecule has 0 saturated carbocycles. The lowest BCUT2D eigenvalue weighted by atomic mass is 10.2. The van der Waals surface area contributed by atoms with Crippen molar-refractivity contribution >= 4 is 37.4 Å². The van der Waals surface area contributed by atoms with Crippen LogP contribution in [0.4, 0.5) is 5.82 Å². The monoisotopic (exact) mass is 414 g/mol. The van der Waals surface area contributed by atoms with Crippen LogP contribution in [0.25, 0.3) is 10.2 Å². The van der Waals surface area contributed by atoms with Gasteiger partial charge in [0, 0.05) is 25.8 Å². The van der Waals surface area contributed by atoms with Gasteiger partial charge in [-0.25, -0.2) is 18.4 Å². The van der Waals surface area contributed by atoms with E-state index in [-0.39, 0.29) is 10.9 Å². The molecule has 0 unspecified atom stereocenters. The van der Waals surface area contributed by atoms with Crippen LogP contribution >= 0.6 is 11.3 Å². The molecule has 2 aliphatic heterocycles. The molecular formula is C20H22N4O2S2. The third kappa shape index (κ3) is 3.09. The summed E-state index contributed by atoms with van der Waals surface area (Å²) in [6.45, 7) is 2.12. The Morgan fingerprint density at radius 3 is 2.57 bits per heavy atom. The van der Waals surface area contributed by atoms with Crippen LogP contribution in [-0.4, -0.2) is 42.3 Å². The molecule has 0 spiro atoms. The first kappa shape index (κ1) is 18.0. The molecule has 0 aliphatic carbocycles. The average molecular weight is 415 g/mol. The van der Waals surface area contributed by atoms with Gasteiger partial charge in [-0.15, -0.1) is 11.3 Å². The number of sulfonamides is 1. The van der Waals surface area contributed by atoms with Gasteiger partial charge in [0.05, 0.1) is 16.3 Å². The standard InChI is InChI=1S/C20H22N4O2S2/c25-28(26,23-11-3-4-12-23)15-9-10-19(21-14-15)24-13-5-7-17(24)20-22-16-6-1-2-8-18(16)27-20/h1-2,6,8-10,14,17H,3-5,7,11-13H2/t17-/m1/s1. The van der Waals surface area contributed by atoms with Gasteiger partial charge in [-0.1, -0.05) is 12.1 Å². The molecule has 3 aromatic rings. The summed E-state index contributed by atoms with van der Waals surface area (Å²) in [5.74, 6) is 0.821. The highest BCUT2D eigenvalue weighted by atomic mass is 32.2. The maximum absolute atomic E-state index is 12.7. The van der Waals surface area contributed by atoms with Crippen LogP contribution in [0.1, 0.15) is 36.7 Å². The summed E-state index contributed by atoms with van der Waals surface area (Å²) in [4.78, 5) is 11.9. The SMILES string of the molecule is O=S(=O)(c1ccc(N2CCC[C@@H]2c2nc3ccccc3s2)nc1)N1CCCC1. The van der Waals surface area contributed by atoms with E-state index >= 15 is 0 Å². The van der Waals surface area contributed by atoms with Crippen molar-refractivity contribution in [2.75, 3.05) is 24.5 Å². The van der Waals surface area contributed by atoms with Gasteiger partial charge in [-0.05, 0) is 49.9 Å². The fourth-order valence-corrected chi connectivity index (χ4v) is 6.68. The molecule has 0 bridgehead atoms. The van der Waals surface area contributed by atoms with Gasteiger partial charge in [0.1, 0.15) is 15.7 Å². The molecule has 2 aromatic heterocycles. The number of hydrogen-bond donors (Lipinski definition) is 0. The number of para-hydroxylation sites is 1. The van der Waals surface area contributed by atoms with Crippen molar-refractivity contribution in [2.45, 2.75) is 36.6 Å². The van der Waals surface area contributed by atoms with Crippen molar-refractivity contribution in [2.24, 2.45) is 0 Å². The molecule has 2 aliphatic rings. The molecule has 146 valence electrons. The van der Waals surface area contributed by atoms with Crippen molar-refractivity contribution in [3.8, 4) is 0 Å². The Kier molecular flexibility index (Phi) is 4.57. The van der Waals surface area contributed by atoms with Gasteiger partial charge in [0.25, 0.3) is 0 Å². The summed E-state index contributed by atoms with van der Waals surface area (Å²) >= 11 is 1.73. The van der Waals surface area contributed by atoms with Crippen LogP contribution in [0.15, 0.2) is 47.5 Å². The molecule has 28 heavy (non-hydrogen) atoms. The molecule has 0 amide bonds. The van der Waals surface area contributed by atoms with Crippen LogP contribution in [0.2, 0.25) is 0 Å². The summed E-state index contributed by atoms with van der Waals surface area (Å²) in [6, 6.07) is 11.9.